The highest BCUT2D eigenvalue weighted by molar-refractivity contribution is 6.37. The van der Waals surface area contributed by atoms with Crippen molar-refractivity contribution in [3.05, 3.63) is 56.5 Å². The minimum absolute atomic E-state index is 0.450. The Morgan fingerprint density at radius 1 is 0.684 bits per heavy atom. The van der Waals surface area contributed by atoms with Crippen LogP contribution < -0.4 is 8.85 Å². The van der Waals surface area contributed by atoms with E-state index >= 15 is 0 Å². The SMILES string of the molecule is Clc1ccc(O[SiH2]Oc2ccc(Cl)cc2Cl)c(Cl)c1. The molecule has 0 saturated carbocycles. The number of halogens is 4. The molecule has 2 nitrogen and oxygen atoms in total. The normalized spacial score (nSPS) is 10.3. The number of hydrogen-bond acceptors (Lipinski definition) is 2. The van der Waals surface area contributed by atoms with Crippen molar-refractivity contribution in [2.75, 3.05) is 0 Å². The molecule has 7 heteroatoms. The van der Waals surface area contributed by atoms with Crippen molar-refractivity contribution in [1.82, 2.24) is 0 Å². The molecule has 2 aromatic carbocycles. The highest BCUT2D eigenvalue weighted by Gasteiger charge is 2.05. The molecule has 100 valence electrons. The van der Waals surface area contributed by atoms with Crippen LogP contribution in [0.25, 0.3) is 0 Å². The van der Waals surface area contributed by atoms with Crippen LogP contribution in [0.5, 0.6) is 11.5 Å². The maximum atomic E-state index is 5.98. The fraction of sp³-hybridized carbons (Fsp3) is 0. The van der Waals surface area contributed by atoms with Gasteiger partial charge >= 0.3 is 10.0 Å². The van der Waals surface area contributed by atoms with Crippen molar-refractivity contribution in [1.29, 1.82) is 0 Å². The van der Waals surface area contributed by atoms with E-state index in [1.54, 1.807) is 36.4 Å². The summed E-state index contributed by atoms with van der Waals surface area (Å²) in [5.74, 6) is 1.09. The van der Waals surface area contributed by atoms with Crippen molar-refractivity contribution in [2.24, 2.45) is 0 Å². The monoisotopic (exact) mass is 352 g/mol. The zero-order chi connectivity index (χ0) is 13.8. The second kappa shape index (κ2) is 6.73. The van der Waals surface area contributed by atoms with E-state index < -0.39 is 10.0 Å². The molecule has 0 heterocycles. The van der Waals surface area contributed by atoms with E-state index in [0.717, 1.165) is 0 Å². The van der Waals surface area contributed by atoms with Crippen LogP contribution in [0.4, 0.5) is 0 Å². The first-order chi connectivity index (χ1) is 9.06. The molecule has 0 aliphatic rings. The summed E-state index contributed by atoms with van der Waals surface area (Å²) in [5.41, 5.74) is 0. The first kappa shape index (κ1) is 14.8. The molecule has 0 aliphatic heterocycles. The van der Waals surface area contributed by atoms with Gasteiger partial charge in [0, 0.05) is 10.0 Å². The van der Waals surface area contributed by atoms with Gasteiger partial charge in [-0.1, -0.05) is 46.4 Å². The maximum Gasteiger partial charge on any atom is 0.427 e. The van der Waals surface area contributed by atoms with Crippen molar-refractivity contribution >= 4 is 56.4 Å². The van der Waals surface area contributed by atoms with Crippen LogP contribution in [0.2, 0.25) is 20.1 Å². The van der Waals surface area contributed by atoms with Gasteiger partial charge in [0.1, 0.15) is 11.5 Å². The molecular formula is C12H8Cl4O2Si. The Balaban J connectivity index is 1.96. The summed E-state index contributed by atoms with van der Waals surface area (Å²) in [6.45, 7) is 0. The Hall–Kier alpha value is -0.583. The summed E-state index contributed by atoms with van der Waals surface area (Å²) < 4.78 is 11.0. The molecule has 0 bridgehead atoms. The maximum absolute atomic E-state index is 5.98. The molecule has 0 radical (unpaired) electrons. The van der Waals surface area contributed by atoms with Crippen LogP contribution in [0, 0.1) is 0 Å². The number of rotatable bonds is 4. The number of benzene rings is 2. The van der Waals surface area contributed by atoms with Crippen LogP contribution in [-0.4, -0.2) is 10.0 Å². The van der Waals surface area contributed by atoms with E-state index in [4.69, 9.17) is 55.3 Å². The summed E-state index contributed by atoms with van der Waals surface area (Å²) in [6.07, 6.45) is 0. The molecule has 2 aromatic rings. The van der Waals surface area contributed by atoms with Crippen LogP contribution in [0.3, 0.4) is 0 Å². The Kier molecular flexibility index (Phi) is 5.25. The van der Waals surface area contributed by atoms with Crippen LogP contribution in [0.15, 0.2) is 36.4 Å². The summed E-state index contributed by atoms with van der Waals surface area (Å²) in [7, 11) is -1.31. The van der Waals surface area contributed by atoms with Crippen LogP contribution in [0.1, 0.15) is 0 Å². The molecule has 0 fully saturated rings. The standard InChI is InChI=1S/C12H8Cl4O2Si/c13-7-1-3-11(9(15)5-7)17-19-18-12-4-2-8(14)6-10(12)16/h1-6H,19H2. The van der Waals surface area contributed by atoms with Gasteiger partial charge in [0.05, 0.1) is 10.0 Å². The average Bonchev–Trinajstić information content (AvgIpc) is 2.34. The van der Waals surface area contributed by atoms with E-state index in [9.17, 15) is 0 Å². The lowest BCUT2D eigenvalue weighted by molar-refractivity contribution is 0.459. The molecule has 19 heavy (non-hydrogen) atoms. The average molecular weight is 354 g/mol. The van der Waals surface area contributed by atoms with Gasteiger partial charge in [-0.3, -0.25) is 0 Å². The lowest BCUT2D eigenvalue weighted by Crippen LogP contribution is -2.11. The Labute approximate surface area is 133 Å². The lowest BCUT2D eigenvalue weighted by atomic mass is 10.3. The molecule has 0 aromatic heterocycles. The van der Waals surface area contributed by atoms with Crippen molar-refractivity contribution < 1.29 is 8.85 Å². The van der Waals surface area contributed by atoms with Gasteiger partial charge in [0.2, 0.25) is 0 Å². The van der Waals surface area contributed by atoms with Crippen LogP contribution >= 0.6 is 46.4 Å². The first-order valence-corrected chi connectivity index (χ1v) is 7.88. The molecule has 0 atom stereocenters. The smallest absolute Gasteiger partial charge is 0.427 e. The van der Waals surface area contributed by atoms with E-state index in [0.29, 0.717) is 31.6 Å². The molecule has 0 saturated heterocycles. The second-order valence-corrected chi connectivity index (χ2v) is 6.06. The number of hydrogen-bond donors (Lipinski definition) is 0. The molecule has 0 N–H and O–H groups in total. The summed E-state index contributed by atoms with van der Waals surface area (Å²) in [6, 6.07) is 10.0. The zero-order valence-electron chi connectivity index (χ0n) is 9.50. The van der Waals surface area contributed by atoms with Gasteiger partial charge in [-0.25, -0.2) is 0 Å². The largest absolute Gasteiger partial charge is 0.515 e. The fourth-order valence-corrected chi connectivity index (χ4v) is 3.27. The van der Waals surface area contributed by atoms with Crippen molar-refractivity contribution in [3.8, 4) is 11.5 Å². The lowest BCUT2D eigenvalue weighted by Gasteiger charge is -2.11. The van der Waals surface area contributed by atoms with Gasteiger partial charge < -0.3 is 8.85 Å². The van der Waals surface area contributed by atoms with Gasteiger partial charge in [0.15, 0.2) is 0 Å². The zero-order valence-corrected chi connectivity index (χ0v) is 13.9. The third-order valence-corrected chi connectivity index (χ3v) is 4.14. The first-order valence-electron chi connectivity index (χ1n) is 5.22. The molecule has 0 amide bonds. The fourth-order valence-electron chi connectivity index (χ4n) is 1.34. The summed E-state index contributed by atoms with van der Waals surface area (Å²) in [4.78, 5) is 0. The van der Waals surface area contributed by atoms with Crippen LogP contribution in [-0.2, 0) is 0 Å². The van der Waals surface area contributed by atoms with Gasteiger partial charge in [-0.05, 0) is 36.4 Å². The second-order valence-electron chi connectivity index (χ2n) is 3.56. The Morgan fingerprint density at radius 3 is 1.47 bits per heavy atom. The minimum Gasteiger partial charge on any atom is -0.515 e. The highest BCUT2D eigenvalue weighted by Crippen LogP contribution is 2.29. The van der Waals surface area contributed by atoms with E-state index in [1.807, 2.05) is 0 Å². The van der Waals surface area contributed by atoms with E-state index in [1.165, 1.54) is 0 Å². The molecule has 0 aliphatic carbocycles. The third-order valence-electron chi connectivity index (χ3n) is 2.22. The van der Waals surface area contributed by atoms with Crippen molar-refractivity contribution in [3.63, 3.8) is 0 Å². The third kappa shape index (κ3) is 4.19. The van der Waals surface area contributed by atoms with Gasteiger partial charge in [0.25, 0.3) is 0 Å². The van der Waals surface area contributed by atoms with Crippen molar-refractivity contribution in [2.45, 2.75) is 0 Å². The Morgan fingerprint density at radius 2 is 1.11 bits per heavy atom. The molecule has 0 spiro atoms. The van der Waals surface area contributed by atoms with E-state index in [2.05, 4.69) is 0 Å². The molecule has 2 rings (SSSR count). The van der Waals surface area contributed by atoms with Gasteiger partial charge in [-0.2, -0.15) is 0 Å². The predicted molar refractivity (Wildman–Crippen MR) is 82.7 cm³/mol. The molecular weight excluding hydrogens is 346 g/mol. The Bertz CT molecular complexity index is 540. The topological polar surface area (TPSA) is 18.5 Å². The molecule has 0 unspecified atom stereocenters. The predicted octanol–water partition coefficient (Wildman–Crippen LogP) is 4.76. The van der Waals surface area contributed by atoms with E-state index in [-0.39, 0.29) is 0 Å². The van der Waals surface area contributed by atoms with Gasteiger partial charge in [-0.15, -0.1) is 0 Å². The quantitative estimate of drug-likeness (QED) is 0.738. The minimum atomic E-state index is -1.31. The summed E-state index contributed by atoms with van der Waals surface area (Å²) >= 11 is 23.5. The summed E-state index contributed by atoms with van der Waals surface area (Å²) in [5, 5.41) is 2.01. The highest BCUT2D eigenvalue weighted by atomic mass is 35.5.